The molecule has 3 nitrogen and oxygen atoms in total. The maximum absolute atomic E-state index is 12.9. The highest BCUT2D eigenvalue weighted by Gasteiger charge is 2.63. The first-order valence-corrected chi connectivity index (χ1v) is 11.2. The van der Waals surface area contributed by atoms with E-state index in [-0.39, 0.29) is 12.4 Å². The predicted octanol–water partition coefficient (Wildman–Crippen LogP) is 5.58. The fourth-order valence-electron chi connectivity index (χ4n) is 4.79. The number of ketones is 1. The monoisotopic (exact) mass is 418 g/mol. The van der Waals surface area contributed by atoms with Gasteiger partial charge in [-0.3, -0.25) is 4.79 Å². The summed E-state index contributed by atoms with van der Waals surface area (Å²) in [5.41, 5.74) is 4.19. The quantitative estimate of drug-likeness (QED) is 0.449. The summed E-state index contributed by atoms with van der Waals surface area (Å²) < 4.78 is 5.55. The Morgan fingerprint density at radius 3 is 2.89 bits per heavy atom. The van der Waals surface area contributed by atoms with Crippen LogP contribution in [-0.4, -0.2) is 24.1 Å². The third-order valence-electron chi connectivity index (χ3n) is 6.49. The second-order valence-corrected chi connectivity index (χ2v) is 10.2. The highest BCUT2D eigenvalue weighted by atomic mass is 35.5. The molecule has 0 amide bonds. The van der Waals surface area contributed by atoms with Crippen molar-refractivity contribution in [1.82, 2.24) is 0 Å². The number of hydrogen-bond donors (Lipinski definition) is 1. The molecule has 0 bridgehead atoms. The normalized spacial score (nSPS) is 21.3. The Morgan fingerprint density at radius 1 is 1.39 bits per heavy atom. The third-order valence-corrected chi connectivity index (χ3v) is 8.05. The third kappa shape index (κ3) is 3.40. The standard InChI is InChI=1S/C23H27ClO3S/c1-13-20-16(12-17-21(20)23(17,2)3)22(28-13)19(26)8-6-14-5-7-15(11-18(14)24)27-10-4-9-25/h5,7,11,17,21,25H,4,6,8-10,12H2,1-3H3/t17-,21-/m1/s1. The number of aliphatic hydroxyl groups is 1. The van der Waals surface area contributed by atoms with Gasteiger partial charge in [-0.2, -0.15) is 0 Å². The Kier molecular flexibility index (Phi) is 5.32. The summed E-state index contributed by atoms with van der Waals surface area (Å²) in [5, 5.41) is 9.45. The van der Waals surface area contributed by atoms with Crippen molar-refractivity contribution in [1.29, 1.82) is 0 Å². The highest BCUT2D eigenvalue weighted by Crippen LogP contribution is 2.71. The van der Waals surface area contributed by atoms with Crippen molar-refractivity contribution in [2.75, 3.05) is 13.2 Å². The first-order chi connectivity index (χ1) is 13.3. The predicted molar refractivity (Wildman–Crippen MR) is 114 cm³/mol. The second kappa shape index (κ2) is 7.47. The minimum atomic E-state index is 0.110. The number of ether oxygens (including phenoxy) is 1. The molecule has 1 fully saturated rings. The molecule has 28 heavy (non-hydrogen) atoms. The minimum Gasteiger partial charge on any atom is -0.493 e. The molecule has 2 aromatic rings. The summed E-state index contributed by atoms with van der Waals surface area (Å²) in [6, 6.07) is 5.61. The zero-order valence-electron chi connectivity index (χ0n) is 16.7. The summed E-state index contributed by atoms with van der Waals surface area (Å²) in [7, 11) is 0. The SMILES string of the molecule is Cc1sc(C(=O)CCc2ccc(OCCCO)cc2Cl)c2c1[C@H]1[C@@H](C2)C1(C)C. The zero-order chi connectivity index (χ0) is 20.1. The van der Waals surface area contributed by atoms with Crippen LogP contribution in [0.4, 0.5) is 0 Å². The summed E-state index contributed by atoms with van der Waals surface area (Å²) in [6.07, 6.45) is 2.78. The van der Waals surface area contributed by atoms with Gasteiger partial charge in [0.25, 0.3) is 0 Å². The van der Waals surface area contributed by atoms with Gasteiger partial charge in [-0.25, -0.2) is 0 Å². The summed E-state index contributed by atoms with van der Waals surface area (Å²) in [4.78, 5) is 15.3. The molecular weight excluding hydrogens is 392 g/mol. The average molecular weight is 419 g/mol. The van der Waals surface area contributed by atoms with Crippen LogP contribution in [0.3, 0.4) is 0 Å². The van der Waals surface area contributed by atoms with E-state index in [0.717, 1.165) is 22.8 Å². The number of rotatable bonds is 8. The van der Waals surface area contributed by atoms with Gasteiger partial charge in [-0.1, -0.05) is 31.5 Å². The molecule has 1 aromatic heterocycles. The number of thiophene rings is 1. The molecule has 0 aliphatic heterocycles. The molecule has 5 heteroatoms. The number of Topliss-reactive ketones (excluding diaryl/α,β-unsaturated/α-hetero) is 1. The van der Waals surface area contributed by atoms with Gasteiger partial charge in [-0.05, 0) is 65.8 Å². The fourth-order valence-corrected chi connectivity index (χ4v) is 6.26. The van der Waals surface area contributed by atoms with Crippen molar-refractivity contribution >= 4 is 28.7 Å². The van der Waals surface area contributed by atoms with Gasteiger partial charge in [0.05, 0.1) is 11.5 Å². The van der Waals surface area contributed by atoms with Gasteiger partial charge in [0.15, 0.2) is 5.78 Å². The minimum absolute atomic E-state index is 0.110. The number of aryl methyl sites for hydroxylation is 2. The Hall–Kier alpha value is -1.36. The van der Waals surface area contributed by atoms with E-state index in [1.54, 1.807) is 17.4 Å². The lowest BCUT2D eigenvalue weighted by atomic mass is 9.94. The van der Waals surface area contributed by atoms with Crippen LogP contribution in [0.15, 0.2) is 18.2 Å². The van der Waals surface area contributed by atoms with Crippen LogP contribution >= 0.6 is 22.9 Å². The average Bonchev–Trinajstić information content (AvgIpc) is 2.98. The second-order valence-electron chi connectivity index (χ2n) is 8.59. The molecule has 2 aliphatic rings. The number of benzene rings is 1. The maximum atomic E-state index is 12.9. The molecule has 150 valence electrons. The number of carbonyl (C=O) groups is 1. The summed E-state index contributed by atoms with van der Waals surface area (Å²) in [5.74, 6) is 2.33. The summed E-state index contributed by atoms with van der Waals surface area (Å²) >= 11 is 8.07. The van der Waals surface area contributed by atoms with E-state index in [1.807, 2.05) is 12.1 Å². The van der Waals surface area contributed by atoms with Gasteiger partial charge < -0.3 is 9.84 Å². The van der Waals surface area contributed by atoms with Crippen molar-refractivity contribution in [3.8, 4) is 5.75 Å². The topological polar surface area (TPSA) is 46.5 Å². The lowest BCUT2D eigenvalue weighted by Gasteiger charge is -2.10. The van der Waals surface area contributed by atoms with Gasteiger partial charge in [-0.15, -0.1) is 11.3 Å². The van der Waals surface area contributed by atoms with Crippen molar-refractivity contribution in [2.24, 2.45) is 11.3 Å². The van der Waals surface area contributed by atoms with Gasteiger partial charge in [0.1, 0.15) is 5.75 Å². The largest absolute Gasteiger partial charge is 0.493 e. The van der Waals surface area contributed by atoms with Crippen molar-refractivity contribution in [2.45, 2.75) is 52.4 Å². The maximum Gasteiger partial charge on any atom is 0.173 e. The number of carbonyl (C=O) groups excluding carboxylic acids is 1. The lowest BCUT2D eigenvalue weighted by Crippen LogP contribution is -2.05. The fraction of sp³-hybridized carbons (Fsp3) is 0.522. The highest BCUT2D eigenvalue weighted by molar-refractivity contribution is 7.14. The Morgan fingerprint density at radius 2 is 2.18 bits per heavy atom. The smallest absolute Gasteiger partial charge is 0.173 e. The van der Waals surface area contributed by atoms with Crippen molar-refractivity contribution in [3.05, 3.63) is 49.7 Å². The molecule has 2 atom stereocenters. The van der Waals surface area contributed by atoms with Crippen LogP contribution in [0.25, 0.3) is 0 Å². The Bertz CT molecular complexity index is 915. The van der Waals surface area contributed by atoms with Crippen LogP contribution in [0.1, 0.15) is 63.8 Å². The molecule has 4 rings (SSSR count). The first kappa shape index (κ1) is 19.9. The van der Waals surface area contributed by atoms with Crippen molar-refractivity contribution in [3.63, 3.8) is 0 Å². The molecular formula is C23H27ClO3S. The van der Waals surface area contributed by atoms with Crippen LogP contribution < -0.4 is 4.74 Å². The Balaban J connectivity index is 1.41. The molecule has 0 saturated heterocycles. The summed E-state index contributed by atoms with van der Waals surface area (Å²) in [6.45, 7) is 7.45. The van der Waals surface area contributed by atoms with Crippen molar-refractivity contribution < 1.29 is 14.6 Å². The van der Waals surface area contributed by atoms with Gasteiger partial charge in [0.2, 0.25) is 0 Å². The molecule has 0 radical (unpaired) electrons. The van der Waals surface area contributed by atoms with Crippen LogP contribution in [0, 0.1) is 18.3 Å². The van der Waals surface area contributed by atoms with Crippen LogP contribution in [-0.2, 0) is 12.8 Å². The van der Waals surface area contributed by atoms with E-state index in [0.29, 0.717) is 48.0 Å². The zero-order valence-corrected chi connectivity index (χ0v) is 18.3. The first-order valence-electron chi connectivity index (χ1n) is 10.0. The number of aliphatic hydroxyl groups excluding tert-OH is 1. The van der Waals surface area contributed by atoms with Gasteiger partial charge >= 0.3 is 0 Å². The number of fused-ring (bicyclic) bond motifs is 3. The molecule has 0 spiro atoms. The molecule has 1 saturated carbocycles. The Labute approximate surface area is 175 Å². The van der Waals surface area contributed by atoms with Crippen LogP contribution in [0.5, 0.6) is 5.75 Å². The van der Waals surface area contributed by atoms with E-state index in [1.165, 1.54) is 16.0 Å². The molecule has 1 N–H and O–H groups in total. The number of hydrogen-bond acceptors (Lipinski definition) is 4. The van der Waals surface area contributed by atoms with E-state index >= 15 is 0 Å². The molecule has 0 unspecified atom stereocenters. The van der Waals surface area contributed by atoms with E-state index in [9.17, 15) is 4.79 Å². The van der Waals surface area contributed by atoms with E-state index in [4.69, 9.17) is 21.4 Å². The van der Waals surface area contributed by atoms with E-state index in [2.05, 4.69) is 20.8 Å². The molecule has 2 aliphatic carbocycles. The number of halogens is 1. The lowest BCUT2D eigenvalue weighted by molar-refractivity contribution is 0.0986. The van der Waals surface area contributed by atoms with Crippen LogP contribution in [0.2, 0.25) is 5.02 Å². The van der Waals surface area contributed by atoms with Gasteiger partial charge in [0, 0.05) is 29.3 Å². The molecule has 1 aromatic carbocycles. The molecule has 1 heterocycles. The van der Waals surface area contributed by atoms with E-state index < -0.39 is 0 Å².